The highest BCUT2D eigenvalue weighted by atomic mass is 35.5. The minimum atomic E-state index is -4.55. The van der Waals surface area contributed by atoms with Gasteiger partial charge >= 0.3 is 6.18 Å². The minimum absolute atomic E-state index is 0.276. The van der Waals surface area contributed by atoms with E-state index in [1.807, 2.05) is 6.07 Å². The fourth-order valence-corrected chi connectivity index (χ4v) is 1.92. The highest BCUT2D eigenvalue weighted by molar-refractivity contribution is 6.32. The van der Waals surface area contributed by atoms with Crippen molar-refractivity contribution in [3.8, 4) is 5.69 Å². The number of hydrogen-bond acceptors (Lipinski definition) is 1. The van der Waals surface area contributed by atoms with Crippen molar-refractivity contribution in [3.63, 3.8) is 0 Å². The normalized spacial score (nSPS) is 11.9. The maximum absolute atomic E-state index is 12.7. The molecule has 1 aromatic carbocycles. The van der Waals surface area contributed by atoms with Gasteiger partial charge in [-0.1, -0.05) is 29.8 Å². The molecule has 6 heteroatoms. The monoisotopic (exact) mass is 274 g/mol. The van der Waals surface area contributed by atoms with Crippen LogP contribution in [0.25, 0.3) is 5.69 Å². The molecular weight excluding hydrogens is 265 g/mol. The van der Waals surface area contributed by atoms with Crippen molar-refractivity contribution in [1.82, 2.24) is 9.78 Å². The van der Waals surface area contributed by atoms with Crippen LogP contribution in [0.1, 0.15) is 17.0 Å². The standard InChI is InChI=1S/C12H10ClF3N2/c1-7-5-3-4-6-9(7)18-8(2)10(13)11(17-18)12(14,15)16/h3-6H,1-2H3. The van der Waals surface area contributed by atoms with Gasteiger partial charge in [0.15, 0.2) is 5.69 Å². The molecule has 18 heavy (non-hydrogen) atoms. The Morgan fingerprint density at radius 1 is 1.17 bits per heavy atom. The molecule has 0 amide bonds. The largest absolute Gasteiger partial charge is 0.436 e. The number of nitrogens with zero attached hydrogens (tertiary/aromatic N) is 2. The van der Waals surface area contributed by atoms with Crippen molar-refractivity contribution in [2.24, 2.45) is 0 Å². The van der Waals surface area contributed by atoms with Gasteiger partial charge in [0.25, 0.3) is 0 Å². The summed E-state index contributed by atoms with van der Waals surface area (Å²) < 4.78 is 39.3. The molecule has 0 aliphatic rings. The summed E-state index contributed by atoms with van der Waals surface area (Å²) in [6, 6.07) is 7.05. The van der Waals surface area contributed by atoms with Gasteiger partial charge in [0.05, 0.1) is 16.4 Å². The molecule has 0 atom stereocenters. The van der Waals surface area contributed by atoms with Crippen LogP contribution in [-0.2, 0) is 6.18 Å². The summed E-state index contributed by atoms with van der Waals surface area (Å²) in [6.45, 7) is 3.31. The third-order valence-electron chi connectivity index (χ3n) is 2.66. The molecule has 96 valence electrons. The second-order valence-corrected chi connectivity index (χ2v) is 4.32. The van der Waals surface area contributed by atoms with Gasteiger partial charge < -0.3 is 0 Å². The average Bonchev–Trinajstić information content (AvgIpc) is 2.57. The molecule has 0 aliphatic carbocycles. The Balaban J connectivity index is 2.65. The number of aromatic nitrogens is 2. The number of aryl methyl sites for hydroxylation is 1. The van der Waals surface area contributed by atoms with Gasteiger partial charge in [-0.2, -0.15) is 18.3 Å². The molecule has 0 saturated carbocycles. The topological polar surface area (TPSA) is 17.8 Å². The summed E-state index contributed by atoms with van der Waals surface area (Å²) in [6.07, 6.45) is -4.55. The number of para-hydroxylation sites is 1. The lowest BCUT2D eigenvalue weighted by Crippen LogP contribution is -2.08. The zero-order chi connectivity index (χ0) is 13.5. The molecule has 2 rings (SSSR count). The van der Waals surface area contributed by atoms with Gasteiger partial charge in [-0.05, 0) is 25.5 Å². The zero-order valence-corrected chi connectivity index (χ0v) is 10.5. The van der Waals surface area contributed by atoms with Crippen LogP contribution in [0.4, 0.5) is 13.2 Å². The number of halogens is 4. The fourth-order valence-electron chi connectivity index (χ4n) is 1.70. The smallest absolute Gasteiger partial charge is 0.236 e. The molecular formula is C12H10ClF3N2. The van der Waals surface area contributed by atoms with Gasteiger partial charge in [-0.25, -0.2) is 4.68 Å². The molecule has 0 aliphatic heterocycles. The Labute approximate surface area is 107 Å². The summed E-state index contributed by atoms with van der Waals surface area (Å²) >= 11 is 5.70. The highest BCUT2D eigenvalue weighted by Gasteiger charge is 2.38. The number of hydrogen-bond donors (Lipinski definition) is 0. The van der Waals surface area contributed by atoms with E-state index in [1.54, 1.807) is 25.1 Å². The van der Waals surface area contributed by atoms with E-state index in [4.69, 9.17) is 11.6 Å². The van der Waals surface area contributed by atoms with Crippen molar-refractivity contribution in [2.45, 2.75) is 20.0 Å². The van der Waals surface area contributed by atoms with Crippen LogP contribution >= 0.6 is 11.6 Å². The molecule has 2 aromatic rings. The first-order valence-electron chi connectivity index (χ1n) is 5.20. The minimum Gasteiger partial charge on any atom is -0.236 e. The summed E-state index contributed by atoms with van der Waals surface area (Å²) in [5, 5.41) is 3.22. The van der Waals surface area contributed by atoms with E-state index >= 15 is 0 Å². The molecule has 0 saturated heterocycles. The average molecular weight is 275 g/mol. The Hall–Kier alpha value is -1.49. The Bertz CT molecular complexity index is 587. The molecule has 0 radical (unpaired) electrons. The van der Waals surface area contributed by atoms with E-state index in [2.05, 4.69) is 5.10 Å². The highest BCUT2D eigenvalue weighted by Crippen LogP contribution is 2.36. The fraction of sp³-hybridized carbons (Fsp3) is 0.250. The zero-order valence-electron chi connectivity index (χ0n) is 9.72. The summed E-state index contributed by atoms with van der Waals surface area (Å²) in [7, 11) is 0. The van der Waals surface area contributed by atoms with Gasteiger partial charge in [-0.15, -0.1) is 0 Å². The SMILES string of the molecule is Cc1ccccc1-n1nc(C(F)(F)F)c(Cl)c1C. The van der Waals surface area contributed by atoms with E-state index in [9.17, 15) is 13.2 Å². The van der Waals surface area contributed by atoms with Crippen LogP contribution in [-0.4, -0.2) is 9.78 Å². The molecule has 0 fully saturated rings. The Morgan fingerprint density at radius 2 is 1.78 bits per heavy atom. The lowest BCUT2D eigenvalue weighted by Gasteiger charge is -2.07. The maximum atomic E-state index is 12.7. The van der Waals surface area contributed by atoms with Crippen LogP contribution in [0.15, 0.2) is 24.3 Å². The van der Waals surface area contributed by atoms with Gasteiger partial charge in [0, 0.05) is 0 Å². The van der Waals surface area contributed by atoms with Crippen molar-refractivity contribution >= 4 is 11.6 Å². The van der Waals surface area contributed by atoms with Crippen molar-refractivity contribution in [2.75, 3.05) is 0 Å². The number of rotatable bonds is 1. The van der Waals surface area contributed by atoms with Crippen LogP contribution in [0.3, 0.4) is 0 Å². The summed E-state index contributed by atoms with van der Waals surface area (Å²) in [5.74, 6) is 0. The van der Waals surface area contributed by atoms with Crippen molar-refractivity contribution in [1.29, 1.82) is 0 Å². The van der Waals surface area contributed by atoms with E-state index in [-0.39, 0.29) is 10.7 Å². The molecule has 2 nitrogen and oxygen atoms in total. The van der Waals surface area contributed by atoms with Gasteiger partial charge in [0.1, 0.15) is 0 Å². The van der Waals surface area contributed by atoms with E-state index in [0.29, 0.717) is 5.69 Å². The molecule has 1 aromatic heterocycles. The van der Waals surface area contributed by atoms with Crippen LogP contribution < -0.4 is 0 Å². The second-order valence-electron chi connectivity index (χ2n) is 3.94. The Kier molecular flexibility index (Phi) is 3.11. The first-order valence-corrected chi connectivity index (χ1v) is 5.58. The molecule has 1 heterocycles. The third-order valence-corrected chi connectivity index (χ3v) is 3.11. The molecule has 0 unspecified atom stereocenters. The van der Waals surface area contributed by atoms with Crippen LogP contribution in [0.2, 0.25) is 5.02 Å². The predicted octanol–water partition coefficient (Wildman–Crippen LogP) is 4.16. The molecule has 0 N–H and O–H groups in total. The second kappa shape index (κ2) is 4.31. The van der Waals surface area contributed by atoms with Crippen LogP contribution in [0, 0.1) is 13.8 Å². The first-order chi connectivity index (χ1) is 8.32. The molecule has 0 bridgehead atoms. The van der Waals surface area contributed by atoms with Crippen LogP contribution in [0.5, 0.6) is 0 Å². The van der Waals surface area contributed by atoms with Crippen molar-refractivity contribution < 1.29 is 13.2 Å². The predicted molar refractivity (Wildman–Crippen MR) is 63.1 cm³/mol. The number of benzene rings is 1. The maximum Gasteiger partial charge on any atom is 0.436 e. The van der Waals surface area contributed by atoms with E-state index < -0.39 is 11.9 Å². The first kappa shape index (κ1) is 13.0. The van der Waals surface area contributed by atoms with Crippen molar-refractivity contribution in [3.05, 3.63) is 46.2 Å². The third kappa shape index (κ3) is 2.10. The number of alkyl halides is 3. The quantitative estimate of drug-likeness (QED) is 0.763. The van der Waals surface area contributed by atoms with Gasteiger partial charge in [-0.3, -0.25) is 0 Å². The van der Waals surface area contributed by atoms with Gasteiger partial charge in [0.2, 0.25) is 0 Å². The van der Waals surface area contributed by atoms with E-state index in [1.165, 1.54) is 11.6 Å². The Morgan fingerprint density at radius 3 is 2.28 bits per heavy atom. The molecule has 0 spiro atoms. The lowest BCUT2D eigenvalue weighted by atomic mass is 10.2. The summed E-state index contributed by atoms with van der Waals surface area (Å²) in [5.41, 5.74) is 0.643. The lowest BCUT2D eigenvalue weighted by molar-refractivity contribution is -0.141. The summed E-state index contributed by atoms with van der Waals surface area (Å²) in [4.78, 5) is 0. The van der Waals surface area contributed by atoms with E-state index in [0.717, 1.165) is 5.56 Å².